The Morgan fingerprint density at radius 3 is 2.96 bits per heavy atom. The molecule has 0 bridgehead atoms. The molecule has 6 nitrogen and oxygen atoms in total. The van der Waals surface area contributed by atoms with Crippen LogP contribution >= 0.6 is 11.3 Å². The largest absolute Gasteiger partial charge is 0.457 e. The van der Waals surface area contributed by atoms with Gasteiger partial charge in [0, 0.05) is 19.7 Å². The molecule has 0 fully saturated rings. The number of nitrogens with one attached hydrogen (secondary N) is 1. The highest BCUT2D eigenvalue weighted by Gasteiger charge is 2.11. The highest BCUT2D eigenvalue weighted by atomic mass is 32.1. The Bertz CT molecular complexity index is 1010. The number of benzene rings is 1. The number of nitrogens with zero attached hydrogens (tertiary/aromatic N) is 3. The molecule has 4 rings (SSSR count). The lowest BCUT2D eigenvalue weighted by atomic mass is 10.2. The first kappa shape index (κ1) is 16.5. The highest BCUT2D eigenvalue weighted by Crippen LogP contribution is 2.31. The maximum atomic E-state index is 12.0. The molecule has 0 aliphatic heterocycles. The minimum absolute atomic E-state index is 0.00760. The Labute approximate surface area is 154 Å². The Hall–Kier alpha value is -2.93. The minimum Gasteiger partial charge on any atom is -0.457 e. The fraction of sp³-hybridized carbons (Fsp3) is 0.211. The topological polar surface area (TPSA) is 73.0 Å². The van der Waals surface area contributed by atoms with Gasteiger partial charge in [-0.15, -0.1) is 11.3 Å². The van der Waals surface area contributed by atoms with Gasteiger partial charge in [-0.3, -0.25) is 9.48 Å². The van der Waals surface area contributed by atoms with E-state index in [1.54, 1.807) is 22.2 Å². The Morgan fingerprint density at radius 2 is 2.15 bits per heavy atom. The van der Waals surface area contributed by atoms with Crippen LogP contribution in [-0.2, 0) is 24.8 Å². The molecule has 4 aromatic rings. The zero-order valence-electron chi connectivity index (χ0n) is 14.3. The number of amides is 1. The highest BCUT2D eigenvalue weighted by molar-refractivity contribution is 7.21. The van der Waals surface area contributed by atoms with E-state index in [9.17, 15) is 4.79 Å². The molecule has 0 aliphatic rings. The van der Waals surface area contributed by atoms with E-state index in [2.05, 4.69) is 15.4 Å². The van der Waals surface area contributed by atoms with Gasteiger partial charge in [-0.25, -0.2) is 4.98 Å². The van der Waals surface area contributed by atoms with Gasteiger partial charge in [-0.1, -0.05) is 12.1 Å². The van der Waals surface area contributed by atoms with Gasteiger partial charge in [0.05, 0.1) is 23.0 Å². The van der Waals surface area contributed by atoms with Crippen LogP contribution in [-0.4, -0.2) is 20.7 Å². The van der Waals surface area contributed by atoms with Gasteiger partial charge in [-0.05, 0) is 36.2 Å². The van der Waals surface area contributed by atoms with Crippen molar-refractivity contribution in [1.29, 1.82) is 0 Å². The number of thiazole rings is 1. The van der Waals surface area contributed by atoms with Gasteiger partial charge < -0.3 is 9.73 Å². The molecule has 26 heavy (non-hydrogen) atoms. The molecule has 0 atom stereocenters. The molecular weight excluding hydrogens is 348 g/mol. The molecule has 132 valence electrons. The molecule has 0 spiro atoms. The Kier molecular flexibility index (Phi) is 4.53. The molecular formula is C19H18N4O2S. The van der Waals surface area contributed by atoms with E-state index in [1.165, 1.54) is 0 Å². The lowest BCUT2D eigenvalue weighted by molar-refractivity contribution is -0.121. The summed E-state index contributed by atoms with van der Waals surface area (Å²) in [5.41, 5.74) is 2.02. The third-order valence-electron chi connectivity index (χ3n) is 4.03. The van der Waals surface area contributed by atoms with E-state index < -0.39 is 0 Å². The molecule has 0 radical (unpaired) electrons. The van der Waals surface area contributed by atoms with Crippen LogP contribution in [0.15, 0.2) is 53.2 Å². The average molecular weight is 366 g/mol. The van der Waals surface area contributed by atoms with Gasteiger partial charge in [0.25, 0.3) is 0 Å². The number of rotatable bonds is 6. The molecule has 1 amide bonds. The first-order valence-electron chi connectivity index (χ1n) is 8.36. The predicted molar refractivity (Wildman–Crippen MR) is 101 cm³/mol. The van der Waals surface area contributed by atoms with Crippen molar-refractivity contribution in [2.45, 2.75) is 19.4 Å². The lowest BCUT2D eigenvalue weighted by Gasteiger charge is -2.02. The maximum Gasteiger partial charge on any atom is 0.220 e. The first-order valence-corrected chi connectivity index (χ1v) is 9.18. The monoisotopic (exact) mass is 366 g/mol. The molecule has 7 heteroatoms. The van der Waals surface area contributed by atoms with E-state index in [4.69, 9.17) is 4.42 Å². The van der Waals surface area contributed by atoms with Crippen molar-refractivity contribution < 1.29 is 9.21 Å². The van der Waals surface area contributed by atoms with Gasteiger partial charge in [0.15, 0.2) is 10.8 Å². The van der Waals surface area contributed by atoms with Crippen molar-refractivity contribution in [2.24, 2.45) is 7.05 Å². The van der Waals surface area contributed by atoms with Crippen molar-refractivity contribution >= 4 is 27.5 Å². The summed E-state index contributed by atoms with van der Waals surface area (Å²) in [7, 11) is 1.86. The lowest BCUT2D eigenvalue weighted by Crippen LogP contribution is -2.22. The van der Waals surface area contributed by atoms with E-state index in [-0.39, 0.29) is 5.91 Å². The summed E-state index contributed by atoms with van der Waals surface area (Å²) in [4.78, 5) is 16.6. The number of carbonyl (C=O) groups excluding carboxylic acids is 1. The summed E-state index contributed by atoms with van der Waals surface area (Å²) >= 11 is 1.60. The maximum absolute atomic E-state index is 12.0. The van der Waals surface area contributed by atoms with Crippen LogP contribution in [0.2, 0.25) is 0 Å². The summed E-state index contributed by atoms with van der Waals surface area (Å²) in [5.74, 6) is 1.44. The number of aryl methyl sites for hydroxylation is 2. The molecule has 0 saturated heterocycles. The third kappa shape index (κ3) is 3.67. The van der Waals surface area contributed by atoms with Crippen molar-refractivity contribution in [2.75, 3.05) is 0 Å². The van der Waals surface area contributed by atoms with Gasteiger partial charge >= 0.3 is 0 Å². The normalized spacial score (nSPS) is 11.1. The number of hydrogen-bond acceptors (Lipinski definition) is 5. The summed E-state index contributed by atoms with van der Waals surface area (Å²) in [6.07, 6.45) is 4.81. The second kappa shape index (κ2) is 7.13. The number of furan rings is 1. The number of fused-ring (bicyclic) bond motifs is 1. The van der Waals surface area contributed by atoms with E-state index in [0.29, 0.717) is 25.1 Å². The fourth-order valence-corrected chi connectivity index (χ4v) is 3.63. The zero-order chi connectivity index (χ0) is 17.9. The molecule has 3 aromatic heterocycles. The third-order valence-corrected chi connectivity index (χ3v) is 5.08. The SMILES string of the molecule is Cn1cc(CCC(=O)NCc2ccc(-c3nc4ccccc4s3)o2)cn1. The number of carbonyl (C=O) groups is 1. The van der Waals surface area contributed by atoms with Gasteiger partial charge in [0.1, 0.15) is 5.76 Å². The standard InChI is InChI=1S/C19H18N4O2S/c1-23-12-13(10-21-23)6-9-18(24)20-11-14-7-8-16(25-14)19-22-15-4-2-3-5-17(15)26-19/h2-5,7-8,10,12H,6,9,11H2,1H3,(H,20,24). The van der Waals surface area contributed by atoms with Gasteiger partial charge in [0.2, 0.25) is 5.91 Å². The summed E-state index contributed by atoms with van der Waals surface area (Å²) in [6.45, 7) is 0.372. The van der Waals surface area contributed by atoms with Crippen molar-refractivity contribution in [1.82, 2.24) is 20.1 Å². The average Bonchev–Trinajstić information content (AvgIpc) is 3.36. The van der Waals surface area contributed by atoms with Crippen LogP contribution in [0.4, 0.5) is 0 Å². The minimum atomic E-state index is -0.00760. The predicted octanol–water partition coefficient (Wildman–Crippen LogP) is 3.54. The Balaban J connectivity index is 1.33. The van der Waals surface area contributed by atoms with Crippen LogP contribution < -0.4 is 5.32 Å². The molecule has 0 aliphatic carbocycles. The summed E-state index contributed by atoms with van der Waals surface area (Å²) < 4.78 is 8.70. The molecule has 1 aromatic carbocycles. The van der Waals surface area contributed by atoms with Gasteiger partial charge in [-0.2, -0.15) is 5.10 Å². The van der Waals surface area contributed by atoms with Crippen molar-refractivity contribution in [3.63, 3.8) is 0 Å². The smallest absolute Gasteiger partial charge is 0.220 e. The quantitative estimate of drug-likeness (QED) is 0.566. The Morgan fingerprint density at radius 1 is 1.27 bits per heavy atom. The van der Waals surface area contributed by atoms with Crippen LogP contribution in [0.5, 0.6) is 0 Å². The number of aromatic nitrogens is 3. The molecule has 0 unspecified atom stereocenters. The fourth-order valence-electron chi connectivity index (χ4n) is 2.70. The molecule has 3 heterocycles. The van der Waals surface area contributed by atoms with E-state index in [0.717, 1.165) is 26.5 Å². The van der Waals surface area contributed by atoms with Crippen LogP contribution in [0, 0.1) is 0 Å². The second-order valence-corrected chi connectivity index (χ2v) is 7.08. The summed E-state index contributed by atoms with van der Waals surface area (Å²) in [5, 5.41) is 7.84. The summed E-state index contributed by atoms with van der Waals surface area (Å²) in [6, 6.07) is 11.8. The van der Waals surface area contributed by atoms with Crippen LogP contribution in [0.3, 0.4) is 0 Å². The number of hydrogen-bond donors (Lipinski definition) is 1. The number of para-hydroxylation sites is 1. The van der Waals surface area contributed by atoms with Crippen LogP contribution in [0.25, 0.3) is 21.0 Å². The van der Waals surface area contributed by atoms with E-state index >= 15 is 0 Å². The molecule has 1 N–H and O–H groups in total. The molecule has 0 saturated carbocycles. The zero-order valence-corrected chi connectivity index (χ0v) is 15.1. The second-order valence-electron chi connectivity index (χ2n) is 6.05. The van der Waals surface area contributed by atoms with Crippen molar-refractivity contribution in [3.8, 4) is 10.8 Å². The van der Waals surface area contributed by atoms with E-state index in [1.807, 2.05) is 49.6 Å². The van der Waals surface area contributed by atoms with Crippen molar-refractivity contribution in [3.05, 3.63) is 60.1 Å². The van der Waals surface area contributed by atoms with Crippen LogP contribution in [0.1, 0.15) is 17.7 Å². The first-order chi connectivity index (χ1) is 12.7.